The Balaban J connectivity index is 1.37. The molecule has 0 aromatic heterocycles. The zero-order valence-electron chi connectivity index (χ0n) is 13.7. The number of nitrogens with zero attached hydrogens (tertiary/aromatic N) is 1. The molecule has 1 unspecified atom stereocenters. The standard InChI is InChI=1S/C18H26BrN3O/c1-13(12-18(23)21-15-4-2-14(19)3-5-15)20-16-8-10-22(11-9-16)17-6-7-17/h2-5,13,16-17,20H,6-12H2,1H3,(H,21,23). The van der Waals surface area contributed by atoms with Crippen molar-refractivity contribution in [1.82, 2.24) is 10.2 Å². The van der Waals surface area contributed by atoms with Crippen LogP contribution >= 0.6 is 15.9 Å². The lowest BCUT2D eigenvalue weighted by Crippen LogP contribution is -2.46. The van der Waals surface area contributed by atoms with Gasteiger partial charge in [0.2, 0.25) is 5.91 Å². The lowest BCUT2D eigenvalue weighted by Gasteiger charge is -2.34. The summed E-state index contributed by atoms with van der Waals surface area (Å²) in [6.45, 7) is 4.52. The van der Waals surface area contributed by atoms with E-state index in [2.05, 4.69) is 38.4 Å². The molecule has 126 valence electrons. The zero-order valence-corrected chi connectivity index (χ0v) is 15.3. The summed E-state index contributed by atoms with van der Waals surface area (Å²) in [6.07, 6.45) is 5.71. The third-order valence-electron chi connectivity index (χ3n) is 4.73. The van der Waals surface area contributed by atoms with E-state index >= 15 is 0 Å². The molecule has 0 bridgehead atoms. The van der Waals surface area contributed by atoms with E-state index in [1.165, 1.54) is 38.8 Å². The van der Waals surface area contributed by atoms with Crippen LogP contribution in [0.4, 0.5) is 5.69 Å². The van der Waals surface area contributed by atoms with Crippen molar-refractivity contribution in [1.29, 1.82) is 0 Å². The van der Waals surface area contributed by atoms with Gasteiger partial charge in [0, 0.05) is 34.7 Å². The number of hydrogen-bond acceptors (Lipinski definition) is 3. The number of benzene rings is 1. The number of rotatable bonds is 6. The summed E-state index contributed by atoms with van der Waals surface area (Å²) < 4.78 is 1.02. The first kappa shape index (κ1) is 16.9. The minimum Gasteiger partial charge on any atom is -0.326 e. The van der Waals surface area contributed by atoms with E-state index in [4.69, 9.17) is 0 Å². The Hall–Kier alpha value is -0.910. The molecule has 23 heavy (non-hydrogen) atoms. The fraction of sp³-hybridized carbons (Fsp3) is 0.611. The predicted octanol–water partition coefficient (Wildman–Crippen LogP) is 3.38. The Morgan fingerprint density at radius 1 is 1.22 bits per heavy atom. The van der Waals surface area contributed by atoms with E-state index in [0.29, 0.717) is 12.5 Å². The predicted molar refractivity (Wildman–Crippen MR) is 97.6 cm³/mol. The third-order valence-corrected chi connectivity index (χ3v) is 5.26. The molecule has 3 rings (SSSR count). The highest BCUT2D eigenvalue weighted by Gasteiger charge is 2.32. The first-order valence-corrected chi connectivity index (χ1v) is 9.45. The first-order valence-electron chi connectivity index (χ1n) is 8.65. The summed E-state index contributed by atoms with van der Waals surface area (Å²) in [7, 11) is 0. The van der Waals surface area contributed by atoms with E-state index in [9.17, 15) is 4.79 Å². The normalized spacial score (nSPS) is 21.1. The number of carbonyl (C=O) groups is 1. The first-order chi connectivity index (χ1) is 11.1. The average molecular weight is 380 g/mol. The molecule has 1 saturated heterocycles. The van der Waals surface area contributed by atoms with Crippen molar-refractivity contribution in [3.63, 3.8) is 0 Å². The lowest BCUT2D eigenvalue weighted by molar-refractivity contribution is -0.116. The molecule has 1 atom stereocenters. The molecule has 0 radical (unpaired) electrons. The van der Waals surface area contributed by atoms with Crippen molar-refractivity contribution < 1.29 is 4.79 Å². The minimum absolute atomic E-state index is 0.0720. The van der Waals surface area contributed by atoms with Crippen molar-refractivity contribution in [2.75, 3.05) is 18.4 Å². The molecule has 5 heteroatoms. The number of hydrogen-bond donors (Lipinski definition) is 2. The molecule has 1 amide bonds. The monoisotopic (exact) mass is 379 g/mol. The number of carbonyl (C=O) groups excluding carboxylic acids is 1. The Morgan fingerprint density at radius 3 is 2.48 bits per heavy atom. The molecule has 1 saturated carbocycles. The van der Waals surface area contributed by atoms with Gasteiger partial charge >= 0.3 is 0 Å². The zero-order chi connectivity index (χ0) is 16.2. The fourth-order valence-corrected chi connectivity index (χ4v) is 3.62. The van der Waals surface area contributed by atoms with Crippen LogP contribution in [0.3, 0.4) is 0 Å². The third kappa shape index (κ3) is 5.30. The Kier molecular flexibility index (Phi) is 5.72. The SMILES string of the molecule is CC(CC(=O)Nc1ccc(Br)cc1)NC1CCN(C2CC2)CC1. The number of anilines is 1. The lowest BCUT2D eigenvalue weighted by atomic mass is 10.0. The van der Waals surface area contributed by atoms with E-state index in [0.717, 1.165) is 16.2 Å². The highest BCUT2D eigenvalue weighted by atomic mass is 79.9. The summed E-state index contributed by atoms with van der Waals surface area (Å²) in [5.74, 6) is 0.0720. The van der Waals surface area contributed by atoms with Crippen LogP contribution in [0.2, 0.25) is 0 Å². The van der Waals surface area contributed by atoms with Crippen LogP contribution in [0.5, 0.6) is 0 Å². The van der Waals surface area contributed by atoms with Crippen LogP contribution in [0.15, 0.2) is 28.7 Å². The maximum atomic E-state index is 12.1. The summed E-state index contributed by atoms with van der Waals surface area (Å²) in [5, 5.41) is 6.59. The Bertz CT molecular complexity index is 522. The second-order valence-corrected chi connectivity index (χ2v) is 7.78. The molecule has 0 spiro atoms. The Morgan fingerprint density at radius 2 is 1.87 bits per heavy atom. The summed E-state index contributed by atoms with van der Waals surface area (Å²) in [5.41, 5.74) is 0.850. The fourth-order valence-electron chi connectivity index (χ4n) is 3.36. The topological polar surface area (TPSA) is 44.4 Å². The van der Waals surface area contributed by atoms with Crippen LogP contribution < -0.4 is 10.6 Å². The molecule has 1 heterocycles. The van der Waals surface area contributed by atoms with Crippen molar-refractivity contribution in [3.8, 4) is 0 Å². The average Bonchev–Trinajstić information content (AvgIpc) is 3.35. The minimum atomic E-state index is 0.0720. The van der Waals surface area contributed by atoms with Crippen molar-refractivity contribution in [2.24, 2.45) is 0 Å². The number of amides is 1. The molecular formula is C18H26BrN3O. The largest absolute Gasteiger partial charge is 0.326 e. The van der Waals surface area contributed by atoms with Crippen LogP contribution in [0.1, 0.15) is 39.0 Å². The van der Waals surface area contributed by atoms with Crippen molar-refractivity contribution in [3.05, 3.63) is 28.7 Å². The van der Waals surface area contributed by atoms with Gasteiger partial charge in [-0.15, -0.1) is 0 Å². The number of halogens is 1. The van der Waals surface area contributed by atoms with Crippen LogP contribution in [0.25, 0.3) is 0 Å². The van der Waals surface area contributed by atoms with Gasteiger partial charge in [-0.2, -0.15) is 0 Å². The number of nitrogens with one attached hydrogen (secondary N) is 2. The van der Waals surface area contributed by atoms with Crippen LogP contribution in [0, 0.1) is 0 Å². The molecule has 1 aromatic rings. The molecule has 2 N–H and O–H groups in total. The number of likely N-dealkylation sites (tertiary alicyclic amines) is 1. The van der Waals surface area contributed by atoms with E-state index in [1.807, 2.05) is 24.3 Å². The molecule has 2 aliphatic rings. The summed E-state index contributed by atoms with van der Waals surface area (Å²) >= 11 is 3.40. The van der Waals surface area contributed by atoms with E-state index in [1.54, 1.807) is 0 Å². The van der Waals surface area contributed by atoms with Gasteiger partial charge in [0.15, 0.2) is 0 Å². The van der Waals surface area contributed by atoms with E-state index < -0.39 is 0 Å². The quantitative estimate of drug-likeness (QED) is 0.795. The number of piperidine rings is 1. The van der Waals surface area contributed by atoms with E-state index in [-0.39, 0.29) is 11.9 Å². The Labute approximate surface area is 147 Å². The molecule has 4 nitrogen and oxygen atoms in total. The molecule has 2 fully saturated rings. The molecule has 1 aliphatic carbocycles. The highest BCUT2D eigenvalue weighted by molar-refractivity contribution is 9.10. The highest BCUT2D eigenvalue weighted by Crippen LogP contribution is 2.29. The van der Waals surface area contributed by atoms with Gasteiger partial charge in [0.1, 0.15) is 0 Å². The van der Waals surface area contributed by atoms with Gasteiger partial charge in [-0.05, 0) is 70.0 Å². The van der Waals surface area contributed by atoms with Gasteiger partial charge in [0.05, 0.1) is 0 Å². The second kappa shape index (κ2) is 7.77. The maximum Gasteiger partial charge on any atom is 0.225 e. The molecule has 1 aliphatic heterocycles. The summed E-state index contributed by atoms with van der Waals surface area (Å²) in [6, 6.07) is 9.34. The van der Waals surface area contributed by atoms with Crippen molar-refractivity contribution >= 4 is 27.5 Å². The molecule has 1 aromatic carbocycles. The van der Waals surface area contributed by atoms with Gasteiger partial charge in [0.25, 0.3) is 0 Å². The smallest absolute Gasteiger partial charge is 0.225 e. The van der Waals surface area contributed by atoms with Crippen LogP contribution in [-0.4, -0.2) is 42.0 Å². The van der Waals surface area contributed by atoms with Crippen LogP contribution in [-0.2, 0) is 4.79 Å². The molecular weight excluding hydrogens is 354 g/mol. The van der Waals surface area contributed by atoms with Crippen molar-refractivity contribution in [2.45, 2.75) is 57.2 Å². The second-order valence-electron chi connectivity index (χ2n) is 6.87. The maximum absolute atomic E-state index is 12.1. The van der Waals surface area contributed by atoms with Gasteiger partial charge in [-0.1, -0.05) is 15.9 Å². The van der Waals surface area contributed by atoms with Gasteiger partial charge in [-0.3, -0.25) is 4.79 Å². The van der Waals surface area contributed by atoms with Gasteiger partial charge in [-0.25, -0.2) is 0 Å². The van der Waals surface area contributed by atoms with Gasteiger partial charge < -0.3 is 15.5 Å². The summed E-state index contributed by atoms with van der Waals surface area (Å²) in [4.78, 5) is 14.8.